The monoisotopic (exact) mass is 421 g/mol. The molecule has 0 aromatic heterocycles. The van der Waals surface area contributed by atoms with Crippen LogP contribution in [0.15, 0.2) is 29.3 Å². The molecule has 0 aliphatic heterocycles. The maximum absolute atomic E-state index is 13.1. The van der Waals surface area contributed by atoms with Crippen LogP contribution >= 0.6 is 24.0 Å². The Bertz CT molecular complexity index is 484. The van der Waals surface area contributed by atoms with E-state index in [4.69, 9.17) is 0 Å². The maximum Gasteiger partial charge on any atom is 0.191 e. The molecule has 2 rings (SSSR count). The summed E-state index contributed by atoms with van der Waals surface area (Å²) in [6, 6.07) is 6.47. The lowest BCUT2D eigenvalue weighted by Gasteiger charge is -2.17. The van der Waals surface area contributed by atoms with E-state index in [0.717, 1.165) is 37.9 Å². The van der Waals surface area contributed by atoms with Gasteiger partial charge in [0.25, 0.3) is 0 Å². The Balaban J connectivity index is 0.00000242. The van der Waals surface area contributed by atoms with Crippen molar-refractivity contribution < 1.29 is 9.50 Å². The summed E-state index contributed by atoms with van der Waals surface area (Å²) in [5.41, 5.74) is 0.841. The standard InChI is InChI=1S/C16H24FN3O.HI/c1-2-18-16(20-11-13-6-4-8-15(13)21)19-10-12-5-3-7-14(17)9-12;/h3,5,7,9,13,15,21H,2,4,6,8,10-11H2,1H3,(H2,18,19,20);1H. The van der Waals surface area contributed by atoms with Gasteiger partial charge in [-0.2, -0.15) is 0 Å². The minimum atomic E-state index is -0.241. The van der Waals surface area contributed by atoms with Crippen molar-refractivity contribution in [2.24, 2.45) is 10.9 Å². The Morgan fingerprint density at radius 1 is 1.36 bits per heavy atom. The van der Waals surface area contributed by atoms with E-state index in [2.05, 4.69) is 15.6 Å². The third-order valence-electron chi connectivity index (χ3n) is 3.80. The van der Waals surface area contributed by atoms with Crippen molar-refractivity contribution in [1.29, 1.82) is 0 Å². The van der Waals surface area contributed by atoms with E-state index in [0.29, 0.717) is 18.4 Å². The minimum Gasteiger partial charge on any atom is -0.393 e. The molecular formula is C16H25FIN3O. The van der Waals surface area contributed by atoms with Crippen LogP contribution in [0.4, 0.5) is 4.39 Å². The highest BCUT2D eigenvalue weighted by Gasteiger charge is 2.24. The highest BCUT2D eigenvalue weighted by atomic mass is 127. The van der Waals surface area contributed by atoms with E-state index in [1.165, 1.54) is 12.1 Å². The average molecular weight is 421 g/mol. The number of nitrogens with one attached hydrogen (secondary N) is 2. The highest BCUT2D eigenvalue weighted by molar-refractivity contribution is 14.0. The number of benzene rings is 1. The largest absolute Gasteiger partial charge is 0.393 e. The fraction of sp³-hybridized carbons (Fsp3) is 0.562. The van der Waals surface area contributed by atoms with E-state index in [1.54, 1.807) is 6.07 Å². The molecular weight excluding hydrogens is 396 g/mol. The number of guanidine groups is 1. The molecule has 1 aliphatic carbocycles. The summed E-state index contributed by atoms with van der Waals surface area (Å²) in [5.74, 6) is 0.763. The van der Waals surface area contributed by atoms with Gasteiger partial charge in [0.2, 0.25) is 0 Å². The Kier molecular flexibility index (Phi) is 8.70. The van der Waals surface area contributed by atoms with Crippen LogP contribution in [0.2, 0.25) is 0 Å². The van der Waals surface area contributed by atoms with Crippen molar-refractivity contribution in [1.82, 2.24) is 10.6 Å². The maximum atomic E-state index is 13.1. The normalized spacial score (nSPS) is 21.3. The van der Waals surface area contributed by atoms with Crippen LogP contribution in [0.1, 0.15) is 31.7 Å². The number of hydrogen-bond donors (Lipinski definition) is 3. The number of halogens is 2. The second-order valence-corrected chi connectivity index (χ2v) is 5.46. The van der Waals surface area contributed by atoms with E-state index in [1.807, 2.05) is 13.0 Å². The molecule has 1 aliphatic rings. The lowest BCUT2D eigenvalue weighted by atomic mass is 10.1. The molecule has 0 saturated heterocycles. The molecule has 3 N–H and O–H groups in total. The first kappa shape index (κ1) is 19.2. The van der Waals surface area contributed by atoms with Crippen LogP contribution in [0.3, 0.4) is 0 Å². The molecule has 124 valence electrons. The molecule has 2 atom stereocenters. The number of hydrogen-bond acceptors (Lipinski definition) is 2. The molecule has 1 aromatic carbocycles. The minimum absolute atomic E-state index is 0. The van der Waals surface area contributed by atoms with Crippen LogP contribution < -0.4 is 10.6 Å². The molecule has 4 nitrogen and oxygen atoms in total. The van der Waals surface area contributed by atoms with Crippen LogP contribution in [-0.2, 0) is 6.54 Å². The van der Waals surface area contributed by atoms with Gasteiger partial charge in [-0.05, 0) is 37.5 Å². The predicted molar refractivity (Wildman–Crippen MR) is 98.0 cm³/mol. The lowest BCUT2D eigenvalue weighted by molar-refractivity contribution is 0.134. The highest BCUT2D eigenvalue weighted by Crippen LogP contribution is 2.24. The summed E-state index contributed by atoms with van der Waals surface area (Å²) >= 11 is 0. The second-order valence-electron chi connectivity index (χ2n) is 5.46. The predicted octanol–water partition coefficient (Wildman–Crippen LogP) is 2.66. The quantitative estimate of drug-likeness (QED) is 0.389. The number of rotatable bonds is 5. The van der Waals surface area contributed by atoms with Gasteiger partial charge in [-0.3, -0.25) is 0 Å². The van der Waals surface area contributed by atoms with Gasteiger partial charge in [0, 0.05) is 19.0 Å². The molecule has 0 radical (unpaired) electrons. The SMILES string of the molecule is CCNC(=NCc1cccc(F)c1)NCC1CCCC1O.I. The topological polar surface area (TPSA) is 56.7 Å². The van der Waals surface area contributed by atoms with Crippen molar-refractivity contribution in [3.8, 4) is 0 Å². The van der Waals surface area contributed by atoms with Gasteiger partial charge in [0.1, 0.15) is 5.82 Å². The van der Waals surface area contributed by atoms with E-state index in [-0.39, 0.29) is 35.9 Å². The van der Waals surface area contributed by atoms with Crippen LogP contribution in [0.25, 0.3) is 0 Å². The van der Waals surface area contributed by atoms with Gasteiger partial charge in [-0.15, -0.1) is 24.0 Å². The van der Waals surface area contributed by atoms with E-state index >= 15 is 0 Å². The molecule has 22 heavy (non-hydrogen) atoms. The van der Waals surface area contributed by atoms with Crippen molar-refractivity contribution >= 4 is 29.9 Å². The van der Waals surface area contributed by atoms with Crippen molar-refractivity contribution in [3.05, 3.63) is 35.6 Å². The molecule has 1 aromatic rings. The van der Waals surface area contributed by atoms with Crippen LogP contribution in [0, 0.1) is 11.7 Å². The third-order valence-corrected chi connectivity index (χ3v) is 3.80. The summed E-state index contributed by atoms with van der Waals surface area (Å²) in [4.78, 5) is 4.46. The third kappa shape index (κ3) is 6.08. The van der Waals surface area contributed by atoms with Crippen molar-refractivity contribution in [3.63, 3.8) is 0 Å². The van der Waals surface area contributed by atoms with Crippen LogP contribution in [0.5, 0.6) is 0 Å². The van der Waals surface area contributed by atoms with E-state index < -0.39 is 0 Å². The molecule has 2 unspecified atom stereocenters. The summed E-state index contributed by atoms with van der Waals surface area (Å²) in [6.07, 6.45) is 2.83. The van der Waals surface area contributed by atoms with Gasteiger partial charge in [0.15, 0.2) is 5.96 Å². The Hall–Kier alpha value is -0.890. The summed E-state index contributed by atoms with van der Waals surface area (Å²) in [5, 5.41) is 16.3. The average Bonchev–Trinajstić information content (AvgIpc) is 2.87. The van der Waals surface area contributed by atoms with Gasteiger partial charge in [0.05, 0.1) is 12.6 Å². The smallest absolute Gasteiger partial charge is 0.191 e. The van der Waals surface area contributed by atoms with Crippen molar-refractivity contribution in [2.45, 2.75) is 38.8 Å². The summed E-state index contributed by atoms with van der Waals surface area (Å²) in [7, 11) is 0. The zero-order chi connectivity index (χ0) is 15.1. The Labute approximate surface area is 148 Å². The number of aliphatic imine (C=N–C) groups is 1. The molecule has 0 amide bonds. The van der Waals surface area contributed by atoms with Crippen molar-refractivity contribution in [2.75, 3.05) is 13.1 Å². The van der Waals surface area contributed by atoms with Gasteiger partial charge >= 0.3 is 0 Å². The van der Waals surface area contributed by atoms with Gasteiger partial charge in [-0.25, -0.2) is 9.38 Å². The molecule has 1 fully saturated rings. The lowest BCUT2D eigenvalue weighted by Crippen LogP contribution is -2.41. The molecule has 1 saturated carbocycles. The first-order valence-electron chi connectivity index (χ1n) is 7.63. The summed E-state index contributed by atoms with van der Waals surface area (Å²) < 4.78 is 13.1. The Morgan fingerprint density at radius 2 is 2.18 bits per heavy atom. The molecule has 0 bridgehead atoms. The number of aliphatic hydroxyl groups is 1. The first-order chi connectivity index (χ1) is 10.2. The molecule has 6 heteroatoms. The molecule has 0 heterocycles. The Morgan fingerprint density at radius 3 is 2.82 bits per heavy atom. The fourth-order valence-corrected chi connectivity index (χ4v) is 2.63. The van der Waals surface area contributed by atoms with Gasteiger partial charge in [-0.1, -0.05) is 18.6 Å². The second kappa shape index (κ2) is 9.99. The fourth-order valence-electron chi connectivity index (χ4n) is 2.63. The van der Waals surface area contributed by atoms with Crippen LogP contribution in [-0.4, -0.2) is 30.3 Å². The molecule has 0 spiro atoms. The van der Waals surface area contributed by atoms with Gasteiger partial charge < -0.3 is 15.7 Å². The van der Waals surface area contributed by atoms with E-state index in [9.17, 15) is 9.50 Å². The number of aliphatic hydroxyl groups excluding tert-OH is 1. The summed E-state index contributed by atoms with van der Waals surface area (Å²) in [6.45, 7) is 3.92. The zero-order valence-corrected chi connectivity index (χ0v) is 15.2. The zero-order valence-electron chi connectivity index (χ0n) is 12.9. The number of nitrogens with zero attached hydrogens (tertiary/aromatic N) is 1. The first-order valence-corrected chi connectivity index (χ1v) is 7.63.